The average molecular weight is 330 g/mol. The molecule has 3 heteroatoms. The molecule has 1 aromatic rings. The van der Waals surface area contributed by atoms with E-state index in [2.05, 4.69) is 74.1 Å². The monoisotopic (exact) mass is 329 g/mol. The first kappa shape index (κ1) is 16.1. The number of nitrogens with one attached hydrogen (secondary N) is 1. The highest BCUT2D eigenvalue weighted by atomic mass is 79.9. The maximum atomic E-state index is 3.69. The van der Waals surface area contributed by atoms with Crippen LogP contribution in [-0.2, 0) is 0 Å². The Balaban J connectivity index is 2.79. The number of hydrogen-bond donors (Lipinski definition) is 1. The molecule has 0 aliphatic carbocycles. The maximum Gasteiger partial charge on any atom is 0.0314 e. The zero-order valence-corrected chi connectivity index (χ0v) is 14.4. The summed E-state index contributed by atoms with van der Waals surface area (Å²) in [5, 5.41) is 3.52. The molecule has 0 spiro atoms. The number of rotatable bonds is 5. The topological polar surface area (TPSA) is 12.0 Å². The zero-order chi connectivity index (χ0) is 13.8. The molecule has 18 heavy (non-hydrogen) atoms. The molecule has 102 valence electrons. The fourth-order valence-corrected chi connectivity index (χ4v) is 3.27. The normalized spacial score (nSPS) is 13.7. The van der Waals surface area contributed by atoms with Crippen molar-refractivity contribution in [3.63, 3.8) is 0 Å². The zero-order valence-electron chi connectivity index (χ0n) is 12.0. The van der Waals surface area contributed by atoms with E-state index in [1.54, 1.807) is 0 Å². The van der Waals surface area contributed by atoms with Crippen LogP contribution < -0.4 is 5.32 Å². The van der Waals surface area contributed by atoms with E-state index in [1.165, 1.54) is 21.4 Å². The van der Waals surface area contributed by atoms with Gasteiger partial charge in [0.2, 0.25) is 0 Å². The number of thioether (sulfide) groups is 1. The lowest BCUT2D eigenvalue weighted by Gasteiger charge is -2.20. The second-order valence-electron chi connectivity index (χ2n) is 5.58. The van der Waals surface area contributed by atoms with Gasteiger partial charge in [-0.25, -0.2) is 0 Å². The van der Waals surface area contributed by atoms with Gasteiger partial charge in [-0.1, -0.05) is 33.8 Å². The summed E-state index contributed by atoms with van der Waals surface area (Å²) >= 11 is 5.59. The fraction of sp³-hybridized carbons (Fsp3) is 0.600. The Labute approximate surface area is 124 Å². The maximum absolute atomic E-state index is 3.69. The summed E-state index contributed by atoms with van der Waals surface area (Å²) in [4.78, 5) is 1.31. The van der Waals surface area contributed by atoms with Gasteiger partial charge in [0, 0.05) is 20.2 Å². The van der Waals surface area contributed by atoms with Crippen molar-refractivity contribution in [2.24, 2.45) is 0 Å². The lowest BCUT2D eigenvalue weighted by molar-refractivity contribution is 0.570. The van der Waals surface area contributed by atoms with Crippen molar-refractivity contribution < 1.29 is 0 Å². The van der Waals surface area contributed by atoms with Crippen molar-refractivity contribution in [3.8, 4) is 0 Å². The van der Waals surface area contributed by atoms with Crippen LogP contribution >= 0.6 is 27.7 Å². The molecule has 0 saturated carbocycles. The van der Waals surface area contributed by atoms with Gasteiger partial charge >= 0.3 is 0 Å². The lowest BCUT2D eigenvalue weighted by atomic mass is 10.1. The van der Waals surface area contributed by atoms with Crippen LogP contribution in [0.15, 0.2) is 27.6 Å². The summed E-state index contributed by atoms with van der Waals surface area (Å²) in [5.74, 6) is 0. The van der Waals surface area contributed by atoms with Gasteiger partial charge in [0.1, 0.15) is 0 Å². The standard InChI is InChI=1S/C15H24BrNS/c1-6-9-17-11(2)12-7-8-14(13(16)10-12)18-15(3,4)5/h7-8,10-11,17H,6,9H2,1-5H3. The predicted molar refractivity (Wildman–Crippen MR) is 86.5 cm³/mol. The van der Waals surface area contributed by atoms with E-state index in [4.69, 9.17) is 0 Å². The molecule has 1 aromatic carbocycles. The molecule has 1 rings (SSSR count). The van der Waals surface area contributed by atoms with Gasteiger partial charge in [-0.15, -0.1) is 11.8 Å². The van der Waals surface area contributed by atoms with Crippen molar-refractivity contribution in [2.45, 2.75) is 56.7 Å². The summed E-state index contributed by atoms with van der Waals surface area (Å²) in [6, 6.07) is 7.10. The number of halogens is 1. The third-order valence-electron chi connectivity index (χ3n) is 2.57. The number of benzene rings is 1. The molecule has 0 aromatic heterocycles. The van der Waals surface area contributed by atoms with Gasteiger partial charge in [0.05, 0.1) is 0 Å². The van der Waals surface area contributed by atoms with Gasteiger partial charge in [-0.05, 0) is 53.5 Å². The van der Waals surface area contributed by atoms with Gasteiger partial charge < -0.3 is 5.32 Å². The molecule has 1 unspecified atom stereocenters. The molecular formula is C15H24BrNS. The van der Waals surface area contributed by atoms with Gasteiger partial charge in [0.15, 0.2) is 0 Å². The molecule has 0 radical (unpaired) electrons. The summed E-state index contributed by atoms with van der Waals surface area (Å²) in [5.41, 5.74) is 1.34. The Kier molecular flexibility index (Phi) is 6.22. The van der Waals surface area contributed by atoms with Gasteiger partial charge in [-0.3, -0.25) is 0 Å². The minimum atomic E-state index is 0.246. The average Bonchev–Trinajstić information content (AvgIpc) is 2.27. The molecule has 0 fully saturated rings. The van der Waals surface area contributed by atoms with Crippen LogP contribution in [0.1, 0.15) is 52.6 Å². The third-order valence-corrected chi connectivity index (χ3v) is 4.68. The smallest absolute Gasteiger partial charge is 0.0314 e. The van der Waals surface area contributed by atoms with Crippen LogP contribution in [0, 0.1) is 0 Å². The molecule has 1 nitrogen and oxygen atoms in total. The van der Waals surface area contributed by atoms with Crippen LogP contribution in [0.4, 0.5) is 0 Å². The van der Waals surface area contributed by atoms with E-state index in [-0.39, 0.29) is 4.75 Å². The first-order valence-corrected chi connectivity index (χ1v) is 8.16. The van der Waals surface area contributed by atoms with Crippen LogP contribution in [-0.4, -0.2) is 11.3 Å². The molecule has 0 aliphatic rings. The van der Waals surface area contributed by atoms with Crippen LogP contribution in [0.2, 0.25) is 0 Å². The second-order valence-corrected chi connectivity index (χ2v) is 8.30. The highest BCUT2D eigenvalue weighted by molar-refractivity contribution is 9.10. The van der Waals surface area contributed by atoms with Crippen LogP contribution in [0.5, 0.6) is 0 Å². The molecule has 1 N–H and O–H groups in total. The minimum Gasteiger partial charge on any atom is -0.310 e. The van der Waals surface area contributed by atoms with Crippen molar-refractivity contribution in [3.05, 3.63) is 28.2 Å². The first-order valence-electron chi connectivity index (χ1n) is 6.55. The van der Waals surface area contributed by atoms with Gasteiger partial charge in [0.25, 0.3) is 0 Å². The predicted octanol–water partition coefficient (Wildman–Crippen LogP) is 5.40. The molecule has 0 aliphatic heterocycles. The van der Waals surface area contributed by atoms with E-state index >= 15 is 0 Å². The van der Waals surface area contributed by atoms with Gasteiger partial charge in [-0.2, -0.15) is 0 Å². The summed E-state index contributed by atoms with van der Waals surface area (Å²) < 4.78 is 1.45. The van der Waals surface area contributed by atoms with E-state index in [9.17, 15) is 0 Å². The molecule has 0 saturated heterocycles. The Morgan fingerprint density at radius 3 is 2.50 bits per heavy atom. The molecule has 1 atom stereocenters. The molecule has 0 bridgehead atoms. The second kappa shape index (κ2) is 6.97. The Morgan fingerprint density at radius 1 is 1.33 bits per heavy atom. The molecule has 0 heterocycles. The van der Waals surface area contributed by atoms with E-state index in [1.807, 2.05) is 11.8 Å². The van der Waals surface area contributed by atoms with Crippen LogP contribution in [0.25, 0.3) is 0 Å². The summed E-state index contributed by atoms with van der Waals surface area (Å²) in [6.45, 7) is 12.2. The fourth-order valence-electron chi connectivity index (χ4n) is 1.68. The quantitative estimate of drug-likeness (QED) is 0.726. The summed E-state index contributed by atoms with van der Waals surface area (Å²) in [6.07, 6.45) is 1.17. The largest absolute Gasteiger partial charge is 0.310 e. The lowest BCUT2D eigenvalue weighted by Crippen LogP contribution is -2.19. The van der Waals surface area contributed by atoms with Crippen molar-refractivity contribution in [2.75, 3.05) is 6.54 Å². The summed E-state index contributed by atoms with van der Waals surface area (Å²) in [7, 11) is 0. The Bertz CT molecular complexity index is 385. The molecule has 0 amide bonds. The van der Waals surface area contributed by atoms with Crippen molar-refractivity contribution >= 4 is 27.7 Å². The van der Waals surface area contributed by atoms with Crippen molar-refractivity contribution in [1.82, 2.24) is 5.32 Å². The highest BCUT2D eigenvalue weighted by Crippen LogP contribution is 2.37. The Morgan fingerprint density at radius 2 is 2.00 bits per heavy atom. The molecular weight excluding hydrogens is 306 g/mol. The van der Waals surface area contributed by atoms with Crippen molar-refractivity contribution in [1.29, 1.82) is 0 Å². The minimum absolute atomic E-state index is 0.246. The van der Waals surface area contributed by atoms with E-state index < -0.39 is 0 Å². The third kappa shape index (κ3) is 5.33. The van der Waals surface area contributed by atoms with E-state index in [0.29, 0.717) is 6.04 Å². The SMILES string of the molecule is CCCNC(C)c1ccc(SC(C)(C)C)c(Br)c1. The highest BCUT2D eigenvalue weighted by Gasteiger charge is 2.15. The Hall–Kier alpha value is 0.01000. The van der Waals surface area contributed by atoms with Crippen LogP contribution in [0.3, 0.4) is 0 Å². The van der Waals surface area contributed by atoms with E-state index in [0.717, 1.165) is 6.54 Å². The first-order chi connectivity index (χ1) is 8.33. The number of hydrogen-bond acceptors (Lipinski definition) is 2.